The number of aryl methyl sites for hydroxylation is 2. The van der Waals surface area contributed by atoms with Gasteiger partial charge in [0.25, 0.3) is 0 Å². The van der Waals surface area contributed by atoms with Crippen molar-refractivity contribution in [2.24, 2.45) is 23.7 Å². The molecule has 1 aliphatic rings. The van der Waals surface area contributed by atoms with Crippen LogP contribution in [-0.4, -0.2) is 38.5 Å². The van der Waals surface area contributed by atoms with Crippen molar-refractivity contribution >= 4 is 28.8 Å². The molecule has 11 heteroatoms. The Morgan fingerprint density at radius 1 is 1.31 bits per heavy atom. The van der Waals surface area contributed by atoms with Gasteiger partial charge in [-0.15, -0.1) is 0 Å². The van der Waals surface area contributed by atoms with Crippen molar-refractivity contribution in [3.05, 3.63) is 77.3 Å². The van der Waals surface area contributed by atoms with Crippen molar-refractivity contribution in [2.75, 3.05) is 17.3 Å². The quantitative estimate of drug-likeness (QED) is 0.247. The van der Waals surface area contributed by atoms with E-state index in [1.807, 2.05) is 30.8 Å². The zero-order valence-corrected chi connectivity index (χ0v) is 20.6. The molecule has 0 bridgehead atoms. The van der Waals surface area contributed by atoms with Crippen LogP contribution >= 0.6 is 0 Å². The highest BCUT2D eigenvalue weighted by Crippen LogP contribution is 2.44. The van der Waals surface area contributed by atoms with Gasteiger partial charge in [0.1, 0.15) is 17.3 Å². The lowest BCUT2D eigenvalue weighted by Crippen LogP contribution is -2.27. The summed E-state index contributed by atoms with van der Waals surface area (Å²) in [5.74, 6) is -1.28. The summed E-state index contributed by atoms with van der Waals surface area (Å²) in [5, 5.41) is 10.4. The first kappa shape index (κ1) is 24.8. The number of carbonyl (C=O) groups is 1. The minimum Gasteiger partial charge on any atom is -0.366 e. The third kappa shape index (κ3) is 5.19. The van der Waals surface area contributed by atoms with Gasteiger partial charge in [-0.1, -0.05) is 6.58 Å². The molecule has 1 saturated carbocycles. The van der Waals surface area contributed by atoms with Crippen LogP contribution < -0.4 is 16.0 Å². The van der Waals surface area contributed by atoms with E-state index in [4.69, 9.17) is 10.7 Å². The minimum atomic E-state index is -0.928. The Morgan fingerprint density at radius 2 is 1.97 bits per heavy atom. The van der Waals surface area contributed by atoms with Gasteiger partial charge in [-0.3, -0.25) is 9.89 Å². The summed E-state index contributed by atoms with van der Waals surface area (Å²) in [7, 11) is 3.37. The van der Waals surface area contributed by atoms with E-state index >= 15 is 0 Å². The molecule has 9 nitrogen and oxygen atoms in total. The van der Waals surface area contributed by atoms with Crippen molar-refractivity contribution < 1.29 is 13.6 Å². The zero-order chi connectivity index (χ0) is 26.1. The number of imidazole rings is 1. The van der Waals surface area contributed by atoms with Gasteiger partial charge in [0.05, 0.1) is 12.0 Å². The second-order valence-corrected chi connectivity index (χ2v) is 8.87. The minimum absolute atomic E-state index is 0.201. The summed E-state index contributed by atoms with van der Waals surface area (Å²) in [5.41, 5.74) is 7.68. The van der Waals surface area contributed by atoms with Gasteiger partial charge >= 0.3 is 0 Å². The maximum Gasteiger partial charge on any atom is 0.248 e. The molecule has 0 spiro atoms. The van der Waals surface area contributed by atoms with Crippen LogP contribution in [0.15, 0.2) is 53.7 Å². The van der Waals surface area contributed by atoms with E-state index in [0.717, 1.165) is 36.2 Å². The summed E-state index contributed by atoms with van der Waals surface area (Å²) in [6, 6.07) is 3.64. The number of nitrogens with one attached hydrogen (secondary N) is 2. The number of aromatic amines is 1. The Bertz CT molecular complexity index is 1370. The van der Waals surface area contributed by atoms with Gasteiger partial charge in [-0.25, -0.2) is 18.8 Å². The van der Waals surface area contributed by atoms with Crippen LogP contribution in [0.2, 0.25) is 0 Å². The number of nitrogens with two attached hydrogens (primary N) is 1. The zero-order valence-electron chi connectivity index (χ0n) is 20.6. The number of aromatic nitrogens is 4. The van der Waals surface area contributed by atoms with Crippen molar-refractivity contribution in [1.29, 1.82) is 0 Å². The monoisotopic (exact) mass is 494 g/mol. The van der Waals surface area contributed by atoms with Gasteiger partial charge < -0.3 is 20.5 Å². The van der Waals surface area contributed by atoms with E-state index in [9.17, 15) is 13.6 Å². The lowest BCUT2D eigenvalue weighted by molar-refractivity contribution is 0.0999. The van der Waals surface area contributed by atoms with E-state index in [1.165, 1.54) is 11.9 Å². The number of amides is 1. The highest BCUT2D eigenvalue weighted by molar-refractivity contribution is 5.98. The smallest absolute Gasteiger partial charge is 0.248 e. The number of hydrogen-bond acceptors (Lipinski definition) is 5. The molecule has 4 rings (SSSR count). The molecule has 0 radical (unpaired) electrons. The summed E-state index contributed by atoms with van der Waals surface area (Å²) in [4.78, 5) is 21.8. The van der Waals surface area contributed by atoms with Gasteiger partial charge in [0.2, 0.25) is 5.91 Å². The predicted molar refractivity (Wildman–Crippen MR) is 135 cm³/mol. The van der Waals surface area contributed by atoms with Crippen molar-refractivity contribution in [1.82, 2.24) is 19.7 Å². The molecule has 2 aromatic heterocycles. The number of anilines is 2. The molecule has 4 N–H and O–H groups in total. The maximum absolute atomic E-state index is 14.8. The number of carbonyl (C=O) groups excluding carboxylic acids is 1. The Hall–Kier alpha value is -4.28. The fourth-order valence-corrected chi connectivity index (χ4v) is 3.85. The van der Waals surface area contributed by atoms with Gasteiger partial charge in [-0.05, 0) is 44.7 Å². The summed E-state index contributed by atoms with van der Waals surface area (Å²) >= 11 is 0. The van der Waals surface area contributed by atoms with Crippen LogP contribution in [0.4, 0.5) is 20.3 Å². The number of H-pyrrole nitrogens is 1. The lowest BCUT2D eigenvalue weighted by atomic mass is 10.00. The Kier molecular flexibility index (Phi) is 6.73. The van der Waals surface area contributed by atoms with Gasteiger partial charge in [-0.2, -0.15) is 5.10 Å². The average molecular weight is 495 g/mol. The molecule has 1 fully saturated rings. The SMILES string of the molecule is C=C(/C(=C(\N=C(/C)N(C)c1c(F)cc(C(N)=O)cc1F)Nc1cc(C)[nH]n1)C1CC1)c1cn(C)cn1. The number of primary amides is 1. The fraction of sp³-hybridized carbons (Fsp3) is 0.280. The summed E-state index contributed by atoms with van der Waals surface area (Å²) in [6.07, 6.45) is 5.47. The number of aliphatic imine (C=N–C) groups is 1. The Labute approximate surface area is 207 Å². The van der Waals surface area contributed by atoms with Crippen LogP contribution in [0, 0.1) is 24.5 Å². The van der Waals surface area contributed by atoms with E-state index < -0.39 is 17.5 Å². The Morgan fingerprint density at radius 3 is 2.47 bits per heavy atom. The largest absolute Gasteiger partial charge is 0.366 e. The molecule has 36 heavy (non-hydrogen) atoms. The van der Waals surface area contributed by atoms with Crippen molar-refractivity contribution in [3.8, 4) is 0 Å². The number of amidine groups is 1. The van der Waals surface area contributed by atoms with Crippen LogP contribution in [0.3, 0.4) is 0 Å². The van der Waals surface area contributed by atoms with E-state index in [1.54, 1.807) is 13.3 Å². The number of halogens is 2. The van der Waals surface area contributed by atoms with Gasteiger partial charge in [0, 0.05) is 48.8 Å². The first-order chi connectivity index (χ1) is 17.0. The molecule has 1 aliphatic carbocycles. The molecule has 2 heterocycles. The topological polar surface area (TPSA) is 117 Å². The molecule has 0 saturated heterocycles. The number of rotatable bonds is 8. The van der Waals surface area contributed by atoms with Crippen LogP contribution in [-0.2, 0) is 7.05 Å². The molecule has 1 aromatic carbocycles. The second kappa shape index (κ2) is 9.76. The summed E-state index contributed by atoms with van der Waals surface area (Å²) < 4.78 is 31.4. The number of allylic oxidation sites excluding steroid dienone is 2. The standard InChI is InChI=1S/C25H28F2N8O/c1-13-8-21(33-32-13)31-25(22(16-6-7-16)14(2)20-11-34(4)12-29-20)30-15(3)35(5)23-18(26)9-17(24(28)36)10-19(23)27/h8-12,16H,2,6-7H2,1,3-5H3,(H2,28,36)(H2,31,32,33)/b25-22-,30-15+. The number of nitrogens with zero attached hydrogens (tertiary/aromatic N) is 5. The van der Waals surface area contributed by atoms with Gasteiger partial charge in [0.15, 0.2) is 17.5 Å². The highest BCUT2D eigenvalue weighted by atomic mass is 19.1. The van der Waals surface area contributed by atoms with Crippen molar-refractivity contribution in [2.45, 2.75) is 26.7 Å². The van der Waals surface area contributed by atoms with Crippen LogP contribution in [0.5, 0.6) is 0 Å². The molecular formula is C25H28F2N8O. The first-order valence-electron chi connectivity index (χ1n) is 11.3. The molecule has 0 atom stereocenters. The molecule has 0 unspecified atom stereocenters. The molecular weight excluding hydrogens is 466 g/mol. The predicted octanol–water partition coefficient (Wildman–Crippen LogP) is 4.13. The molecule has 0 aliphatic heterocycles. The van der Waals surface area contributed by atoms with Crippen molar-refractivity contribution in [3.63, 3.8) is 0 Å². The average Bonchev–Trinajstić information content (AvgIpc) is 3.40. The second-order valence-electron chi connectivity index (χ2n) is 8.87. The first-order valence-corrected chi connectivity index (χ1v) is 11.3. The third-order valence-corrected chi connectivity index (χ3v) is 5.93. The normalized spacial score (nSPS) is 14.4. The lowest BCUT2D eigenvalue weighted by Gasteiger charge is -2.22. The molecule has 3 aromatic rings. The Balaban J connectivity index is 1.80. The maximum atomic E-state index is 14.8. The van der Waals surface area contributed by atoms with Crippen LogP contribution in [0.25, 0.3) is 5.57 Å². The van der Waals surface area contributed by atoms with E-state index in [2.05, 4.69) is 27.1 Å². The number of benzene rings is 1. The third-order valence-electron chi connectivity index (χ3n) is 5.93. The van der Waals surface area contributed by atoms with E-state index in [0.29, 0.717) is 28.7 Å². The molecule has 1 amide bonds. The fourth-order valence-electron chi connectivity index (χ4n) is 3.85. The summed E-state index contributed by atoms with van der Waals surface area (Å²) in [6.45, 7) is 7.79. The van der Waals surface area contributed by atoms with E-state index in [-0.39, 0.29) is 17.2 Å². The number of hydrogen-bond donors (Lipinski definition) is 3. The molecule has 188 valence electrons. The highest BCUT2D eigenvalue weighted by Gasteiger charge is 2.32. The van der Waals surface area contributed by atoms with Crippen LogP contribution in [0.1, 0.15) is 41.5 Å².